The molecular formula is C21H21FN2O2. The molecule has 2 aromatic carbocycles. The van der Waals surface area contributed by atoms with Crippen LogP contribution in [-0.4, -0.2) is 17.1 Å². The Bertz CT molecular complexity index is 890. The Morgan fingerprint density at radius 1 is 1.08 bits per heavy atom. The summed E-state index contributed by atoms with van der Waals surface area (Å²) in [7, 11) is 1.84. The quantitative estimate of drug-likeness (QED) is 0.728. The van der Waals surface area contributed by atoms with Crippen LogP contribution in [0.2, 0.25) is 0 Å². The first-order chi connectivity index (χ1) is 12.6. The van der Waals surface area contributed by atoms with Gasteiger partial charge in [-0.1, -0.05) is 42.5 Å². The number of amides is 1. The minimum atomic E-state index is -0.427. The Morgan fingerprint density at radius 2 is 1.77 bits per heavy atom. The molecule has 1 atom stereocenters. The van der Waals surface area contributed by atoms with E-state index in [0.717, 1.165) is 11.3 Å². The Kier molecular flexibility index (Phi) is 5.37. The molecule has 4 nitrogen and oxygen atoms in total. The van der Waals surface area contributed by atoms with Gasteiger partial charge in [-0.05, 0) is 36.8 Å². The van der Waals surface area contributed by atoms with E-state index in [0.29, 0.717) is 5.69 Å². The van der Waals surface area contributed by atoms with Crippen LogP contribution in [0.5, 0.6) is 5.75 Å². The minimum Gasteiger partial charge on any atom is -0.488 e. The number of hydrogen-bond donors (Lipinski definition) is 1. The summed E-state index contributed by atoms with van der Waals surface area (Å²) < 4.78 is 21.3. The molecule has 1 aromatic heterocycles. The largest absolute Gasteiger partial charge is 0.488 e. The smallest absolute Gasteiger partial charge is 0.268 e. The molecule has 3 rings (SSSR count). The number of carbonyl (C=O) groups is 1. The Morgan fingerprint density at radius 3 is 2.42 bits per heavy atom. The Labute approximate surface area is 152 Å². The second-order valence-electron chi connectivity index (χ2n) is 6.10. The van der Waals surface area contributed by atoms with Crippen molar-refractivity contribution in [3.63, 3.8) is 0 Å². The number of nitrogens with zero attached hydrogens (tertiary/aromatic N) is 1. The van der Waals surface area contributed by atoms with Crippen molar-refractivity contribution in [2.75, 3.05) is 6.61 Å². The molecule has 5 heteroatoms. The molecule has 0 aliphatic rings. The van der Waals surface area contributed by atoms with Crippen LogP contribution in [0, 0.1) is 12.7 Å². The Balaban J connectivity index is 1.79. The second-order valence-corrected chi connectivity index (χ2v) is 6.10. The zero-order valence-corrected chi connectivity index (χ0v) is 14.8. The van der Waals surface area contributed by atoms with E-state index in [4.69, 9.17) is 4.74 Å². The number of halogens is 1. The van der Waals surface area contributed by atoms with Crippen LogP contribution < -0.4 is 10.1 Å². The van der Waals surface area contributed by atoms with Gasteiger partial charge in [0.2, 0.25) is 0 Å². The molecule has 26 heavy (non-hydrogen) atoms. The molecule has 0 fully saturated rings. The monoisotopic (exact) mass is 352 g/mol. The van der Waals surface area contributed by atoms with Gasteiger partial charge in [0.25, 0.3) is 5.91 Å². The highest BCUT2D eigenvalue weighted by Crippen LogP contribution is 2.20. The molecule has 0 aliphatic carbocycles. The molecule has 134 valence electrons. The van der Waals surface area contributed by atoms with Crippen molar-refractivity contribution in [3.05, 3.63) is 89.5 Å². The summed E-state index contributed by atoms with van der Waals surface area (Å²) in [6.45, 7) is 2.06. The maximum absolute atomic E-state index is 13.8. The lowest BCUT2D eigenvalue weighted by Crippen LogP contribution is -2.33. The summed E-state index contributed by atoms with van der Waals surface area (Å²) >= 11 is 0. The van der Waals surface area contributed by atoms with Crippen LogP contribution in [0.1, 0.15) is 27.8 Å². The van der Waals surface area contributed by atoms with Gasteiger partial charge in [-0.15, -0.1) is 0 Å². The number of aryl methyl sites for hydroxylation is 1. The van der Waals surface area contributed by atoms with Gasteiger partial charge >= 0.3 is 0 Å². The van der Waals surface area contributed by atoms with E-state index in [9.17, 15) is 9.18 Å². The summed E-state index contributed by atoms with van der Waals surface area (Å²) in [5.74, 6) is -0.465. The SMILES string of the molecule is Cc1ccc(C(=O)NC(COc2ccccc2F)c2ccccc2)n1C. The lowest BCUT2D eigenvalue weighted by atomic mass is 10.1. The van der Waals surface area contributed by atoms with Gasteiger partial charge in [0, 0.05) is 12.7 Å². The molecule has 1 unspecified atom stereocenters. The molecule has 0 spiro atoms. The number of rotatable bonds is 6. The highest BCUT2D eigenvalue weighted by Gasteiger charge is 2.19. The predicted octanol–water partition coefficient (Wildman–Crippen LogP) is 4.02. The van der Waals surface area contributed by atoms with Crippen molar-refractivity contribution in [1.29, 1.82) is 0 Å². The van der Waals surface area contributed by atoms with Gasteiger partial charge in [-0.2, -0.15) is 0 Å². The fraction of sp³-hybridized carbons (Fsp3) is 0.190. The molecule has 0 saturated heterocycles. The number of nitrogens with one attached hydrogen (secondary N) is 1. The maximum Gasteiger partial charge on any atom is 0.268 e. The number of ether oxygens (including phenoxy) is 1. The predicted molar refractivity (Wildman–Crippen MR) is 98.7 cm³/mol. The second kappa shape index (κ2) is 7.87. The van der Waals surface area contributed by atoms with Crippen LogP contribution in [0.4, 0.5) is 4.39 Å². The minimum absolute atomic E-state index is 0.125. The number of carbonyl (C=O) groups excluding carboxylic acids is 1. The van der Waals surface area contributed by atoms with Gasteiger partial charge in [0.05, 0.1) is 6.04 Å². The van der Waals surface area contributed by atoms with E-state index in [1.165, 1.54) is 6.07 Å². The molecule has 0 saturated carbocycles. The van der Waals surface area contributed by atoms with E-state index < -0.39 is 11.9 Å². The molecule has 1 heterocycles. The molecule has 1 N–H and O–H groups in total. The third kappa shape index (κ3) is 3.94. The van der Waals surface area contributed by atoms with Crippen molar-refractivity contribution >= 4 is 5.91 Å². The number of para-hydroxylation sites is 1. The first-order valence-electron chi connectivity index (χ1n) is 8.41. The summed E-state index contributed by atoms with van der Waals surface area (Å²) in [5, 5.41) is 2.99. The highest BCUT2D eigenvalue weighted by molar-refractivity contribution is 5.93. The average molecular weight is 352 g/mol. The zero-order valence-electron chi connectivity index (χ0n) is 14.8. The molecule has 0 radical (unpaired) electrons. The molecule has 1 amide bonds. The van der Waals surface area contributed by atoms with E-state index >= 15 is 0 Å². The van der Waals surface area contributed by atoms with Crippen LogP contribution in [-0.2, 0) is 7.05 Å². The number of benzene rings is 2. The third-order valence-electron chi connectivity index (χ3n) is 4.35. The fourth-order valence-corrected chi connectivity index (χ4v) is 2.71. The van der Waals surface area contributed by atoms with Crippen LogP contribution in [0.15, 0.2) is 66.7 Å². The summed E-state index contributed by atoms with van der Waals surface area (Å²) in [6.07, 6.45) is 0. The third-order valence-corrected chi connectivity index (χ3v) is 4.35. The van der Waals surface area contributed by atoms with Crippen LogP contribution in [0.3, 0.4) is 0 Å². The van der Waals surface area contributed by atoms with E-state index in [1.54, 1.807) is 24.3 Å². The Hall–Kier alpha value is -3.08. The first-order valence-corrected chi connectivity index (χ1v) is 8.41. The van der Waals surface area contributed by atoms with Gasteiger partial charge in [-0.3, -0.25) is 4.79 Å². The van der Waals surface area contributed by atoms with Crippen LogP contribution in [0.25, 0.3) is 0 Å². The van der Waals surface area contributed by atoms with Crippen LogP contribution >= 0.6 is 0 Å². The topological polar surface area (TPSA) is 43.3 Å². The standard InChI is InChI=1S/C21H21FN2O2/c1-15-12-13-19(24(15)2)21(25)23-18(16-8-4-3-5-9-16)14-26-20-11-7-6-10-17(20)22/h3-13,18H,14H2,1-2H3,(H,23,25). The van der Waals surface area contributed by atoms with Crippen molar-refractivity contribution < 1.29 is 13.9 Å². The van der Waals surface area contributed by atoms with Crippen molar-refractivity contribution in [1.82, 2.24) is 9.88 Å². The average Bonchev–Trinajstić information content (AvgIpc) is 2.99. The van der Waals surface area contributed by atoms with Gasteiger partial charge in [0.1, 0.15) is 12.3 Å². The number of aromatic nitrogens is 1. The van der Waals surface area contributed by atoms with Gasteiger partial charge < -0.3 is 14.6 Å². The van der Waals surface area contributed by atoms with Crippen molar-refractivity contribution in [2.24, 2.45) is 7.05 Å². The highest BCUT2D eigenvalue weighted by atomic mass is 19.1. The first kappa shape index (κ1) is 17.7. The maximum atomic E-state index is 13.8. The molecule has 3 aromatic rings. The van der Waals surface area contributed by atoms with Gasteiger partial charge in [0.15, 0.2) is 11.6 Å². The lowest BCUT2D eigenvalue weighted by molar-refractivity contribution is 0.0912. The molecular weight excluding hydrogens is 331 g/mol. The van der Waals surface area contributed by atoms with Crippen molar-refractivity contribution in [2.45, 2.75) is 13.0 Å². The van der Waals surface area contributed by atoms with Crippen molar-refractivity contribution in [3.8, 4) is 5.75 Å². The summed E-state index contributed by atoms with van der Waals surface area (Å²) in [4.78, 5) is 12.7. The summed E-state index contributed by atoms with van der Waals surface area (Å²) in [5.41, 5.74) is 2.45. The van der Waals surface area contributed by atoms with E-state index in [1.807, 2.05) is 54.9 Å². The fourth-order valence-electron chi connectivity index (χ4n) is 2.71. The van der Waals surface area contributed by atoms with E-state index in [2.05, 4.69) is 5.32 Å². The molecule has 0 bridgehead atoms. The van der Waals surface area contributed by atoms with Gasteiger partial charge in [-0.25, -0.2) is 4.39 Å². The normalized spacial score (nSPS) is 11.8. The summed E-state index contributed by atoms with van der Waals surface area (Å²) in [6, 6.07) is 19.0. The zero-order chi connectivity index (χ0) is 18.5. The lowest BCUT2D eigenvalue weighted by Gasteiger charge is -2.20. The number of hydrogen-bond acceptors (Lipinski definition) is 2. The van der Waals surface area contributed by atoms with E-state index in [-0.39, 0.29) is 18.3 Å². The molecule has 0 aliphatic heterocycles.